The first kappa shape index (κ1) is 15.3. The molecule has 1 aromatic carbocycles. The van der Waals surface area contributed by atoms with E-state index in [9.17, 15) is 18.0 Å². The Balaban J connectivity index is 2.86. The largest absolute Gasteiger partial charge is 0.406 e. The molecule has 0 saturated carbocycles. The molecule has 0 saturated heterocycles. The Morgan fingerprint density at radius 2 is 1.95 bits per heavy atom. The predicted molar refractivity (Wildman–Crippen MR) is 68.2 cm³/mol. The van der Waals surface area contributed by atoms with Crippen molar-refractivity contribution in [1.82, 2.24) is 4.90 Å². The second kappa shape index (κ2) is 6.45. The SMILES string of the molecule is CCCNc1ccccc1C(=O)N(C)CC(F)(F)F. The number of carbonyl (C=O) groups is 1. The molecule has 1 aromatic rings. The molecule has 6 heteroatoms. The summed E-state index contributed by atoms with van der Waals surface area (Å²) in [5, 5.41) is 3.03. The third-order valence-corrected chi connectivity index (χ3v) is 2.49. The summed E-state index contributed by atoms with van der Waals surface area (Å²) < 4.78 is 36.8. The van der Waals surface area contributed by atoms with Crippen LogP contribution in [-0.2, 0) is 0 Å². The maximum absolute atomic E-state index is 12.3. The average Bonchev–Trinajstić information content (AvgIpc) is 2.33. The number of hydrogen-bond donors (Lipinski definition) is 1. The van der Waals surface area contributed by atoms with E-state index in [1.165, 1.54) is 6.07 Å². The topological polar surface area (TPSA) is 32.3 Å². The monoisotopic (exact) mass is 274 g/mol. The van der Waals surface area contributed by atoms with E-state index >= 15 is 0 Å². The molecule has 106 valence electrons. The fourth-order valence-corrected chi connectivity index (χ4v) is 1.63. The Labute approximate surface area is 110 Å². The van der Waals surface area contributed by atoms with E-state index in [1.807, 2.05) is 6.92 Å². The summed E-state index contributed by atoms with van der Waals surface area (Å²) in [6, 6.07) is 6.57. The number of para-hydroxylation sites is 1. The van der Waals surface area contributed by atoms with Crippen LogP contribution in [0, 0.1) is 0 Å². The van der Waals surface area contributed by atoms with Gasteiger partial charge in [0.1, 0.15) is 6.54 Å². The normalized spacial score (nSPS) is 11.2. The molecule has 1 N–H and O–H groups in total. The van der Waals surface area contributed by atoms with Gasteiger partial charge in [-0.25, -0.2) is 0 Å². The smallest absolute Gasteiger partial charge is 0.384 e. The number of amides is 1. The maximum atomic E-state index is 12.3. The summed E-state index contributed by atoms with van der Waals surface area (Å²) in [4.78, 5) is 12.7. The standard InChI is InChI=1S/C13H17F3N2O/c1-3-8-17-11-7-5-4-6-10(11)12(19)18(2)9-13(14,15)16/h4-7,17H,3,8-9H2,1-2H3. The van der Waals surface area contributed by atoms with Crippen LogP contribution in [0.25, 0.3) is 0 Å². The molecule has 0 radical (unpaired) electrons. The van der Waals surface area contributed by atoms with Crippen LogP contribution in [-0.4, -0.2) is 37.1 Å². The molecule has 0 atom stereocenters. The minimum Gasteiger partial charge on any atom is -0.384 e. The Kier molecular flexibility index (Phi) is 5.20. The molecule has 1 amide bonds. The highest BCUT2D eigenvalue weighted by atomic mass is 19.4. The Morgan fingerprint density at radius 1 is 1.32 bits per heavy atom. The molecule has 0 spiro atoms. The van der Waals surface area contributed by atoms with Gasteiger partial charge in [0.15, 0.2) is 0 Å². The van der Waals surface area contributed by atoms with Gasteiger partial charge in [-0.1, -0.05) is 19.1 Å². The van der Waals surface area contributed by atoms with Crippen LogP contribution in [0.5, 0.6) is 0 Å². The van der Waals surface area contributed by atoms with Gasteiger partial charge in [-0.3, -0.25) is 4.79 Å². The molecule has 0 heterocycles. The minimum atomic E-state index is -4.39. The van der Waals surface area contributed by atoms with Crippen LogP contribution >= 0.6 is 0 Å². The predicted octanol–water partition coefficient (Wildman–Crippen LogP) is 3.14. The molecule has 19 heavy (non-hydrogen) atoms. The number of nitrogens with zero attached hydrogens (tertiary/aromatic N) is 1. The van der Waals surface area contributed by atoms with E-state index in [-0.39, 0.29) is 5.56 Å². The second-order valence-corrected chi connectivity index (χ2v) is 4.25. The highest BCUT2D eigenvalue weighted by Crippen LogP contribution is 2.20. The summed E-state index contributed by atoms with van der Waals surface area (Å²) in [7, 11) is 1.15. The van der Waals surface area contributed by atoms with E-state index in [0.717, 1.165) is 13.5 Å². The Hall–Kier alpha value is -1.72. The molecule has 0 fully saturated rings. The van der Waals surface area contributed by atoms with Gasteiger partial charge < -0.3 is 10.2 Å². The van der Waals surface area contributed by atoms with Gasteiger partial charge in [0.05, 0.1) is 5.56 Å². The fraction of sp³-hybridized carbons (Fsp3) is 0.462. The van der Waals surface area contributed by atoms with Crippen molar-refractivity contribution < 1.29 is 18.0 Å². The third-order valence-electron chi connectivity index (χ3n) is 2.49. The van der Waals surface area contributed by atoms with E-state index in [0.29, 0.717) is 17.1 Å². The molecule has 0 unspecified atom stereocenters. The number of anilines is 1. The molecule has 0 aromatic heterocycles. The van der Waals surface area contributed by atoms with Crippen molar-refractivity contribution in [3.8, 4) is 0 Å². The molecule has 3 nitrogen and oxygen atoms in total. The first-order chi connectivity index (χ1) is 8.85. The van der Waals surface area contributed by atoms with Crippen molar-refractivity contribution in [2.75, 3.05) is 25.5 Å². The van der Waals surface area contributed by atoms with Crippen molar-refractivity contribution in [3.05, 3.63) is 29.8 Å². The van der Waals surface area contributed by atoms with Crippen molar-refractivity contribution in [3.63, 3.8) is 0 Å². The van der Waals surface area contributed by atoms with Crippen LogP contribution in [0.1, 0.15) is 23.7 Å². The number of halogens is 3. The molecular formula is C13H17F3N2O. The minimum absolute atomic E-state index is 0.253. The summed E-state index contributed by atoms with van der Waals surface area (Å²) in [6.07, 6.45) is -3.53. The number of alkyl halides is 3. The number of benzene rings is 1. The van der Waals surface area contributed by atoms with Gasteiger partial charge in [0.2, 0.25) is 0 Å². The van der Waals surface area contributed by atoms with Gasteiger partial charge in [-0.15, -0.1) is 0 Å². The van der Waals surface area contributed by atoms with Crippen molar-refractivity contribution in [1.29, 1.82) is 0 Å². The molecule has 0 aliphatic rings. The van der Waals surface area contributed by atoms with Crippen molar-refractivity contribution in [2.24, 2.45) is 0 Å². The Morgan fingerprint density at radius 3 is 2.53 bits per heavy atom. The number of carbonyl (C=O) groups excluding carboxylic acids is 1. The maximum Gasteiger partial charge on any atom is 0.406 e. The zero-order valence-electron chi connectivity index (χ0n) is 10.9. The molecule has 0 aliphatic carbocycles. The summed E-state index contributed by atoms with van der Waals surface area (Å²) in [6.45, 7) is 1.37. The highest BCUT2D eigenvalue weighted by Gasteiger charge is 2.31. The average molecular weight is 274 g/mol. The quantitative estimate of drug-likeness (QED) is 0.894. The van der Waals surface area contributed by atoms with E-state index in [1.54, 1.807) is 18.2 Å². The van der Waals surface area contributed by atoms with Crippen molar-refractivity contribution in [2.45, 2.75) is 19.5 Å². The lowest BCUT2D eigenvalue weighted by molar-refractivity contribution is -0.138. The van der Waals surface area contributed by atoms with Gasteiger partial charge in [-0.2, -0.15) is 13.2 Å². The molecule has 0 aliphatic heterocycles. The van der Waals surface area contributed by atoms with E-state index in [2.05, 4.69) is 5.32 Å². The molecule has 1 rings (SSSR count). The first-order valence-corrected chi connectivity index (χ1v) is 6.00. The highest BCUT2D eigenvalue weighted by molar-refractivity contribution is 5.99. The zero-order chi connectivity index (χ0) is 14.5. The van der Waals surface area contributed by atoms with Crippen LogP contribution in [0.3, 0.4) is 0 Å². The first-order valence-electron chi connectivity index (χ1n) is 6.00. The molecule has 0 bridgehead atoms. The second-order valence-electron chi connectivity index (χ2n) is 4.25. The number of nitrogens with one attached hydrogen (secondary N) is 1. The van der Waals surface area contributed by atoms with Crippen LogP contribution in [0.4, 0.5) is 18.9 Å². The van der Waals surface area contributed by atoms with Crippen LogP contribution < -0.4 is 5.32 Å². The van der Waals surface area contributed by atoms with E-state index in [4.69, 9.17) is 0 Å². The summed E-state index contributed by atoms with van der Waals surface area (Å²) in [5.74, 6) is -0.642. The number of rotatable bonds is 5. The Bertz CT molecular complexity index is 432. The lowest BCUT2D eigenvalue weighted by Crippen LogP contribution is -2.36. The number of hydrogen-bond acceptors (Lipinski definition) is 2. The van der Waals surface area contributed by atoms with Crippen LogP contribution in [0.2, 0.25) is 0 Å². The molecular weight excluding hydrogens is 257 g/mol. The summed E-state index contributed by atoms with van der Waals surface area (Å²) in [5.41, 5.74) is 0.811. The van der Waals surface area contributed by atoms with Gasteiger partial charge >= 0.3 is 6.18 Å². The van der Waals surface area contributed by atoms with Gasteiger partial charge in [0.25, 0.3) is 5.91 Å². The van der Waals surface area contributed by atoms with Gasteiger partial charge in [-0.05, 0) is 18.6 Å². The third kappa shape index (κ3) is 4.81. The zero-order valence-corrected chi connectivity index (χ0v) is 10.9. The fourth-order valence-electron chi connectivity index (χ4n) is 1.63. The van der Waals surface area contributed by atoms with Gasteiger partial charge in [0, 0.05) is 19.3 Å². The summed E-state index contributed by atoms with van der Waals surface area (Å²) >= 11 is 0. The van der Waals surface area contributed by atoms with E-state index < -0.39 is 18.6 Å². The lowest BCUT2D eigenvalue weighted by atomic mass is 10.1. The lowest BCUT2D eigenvalue weighted by Gasteiger charge is -2.20. The van der Waals surface area contributed by atoms with Crippen molar-refractivity contribution >= 4 is 11.6 Å². The van der Waals surface area contributed by atoms with Crippen LogP contribution in [0.15, 0.2) is 24.3 Å².